The van der Waals surface area contributed by atoms with Gasteiger partial charge in [-0.1, -0.05) is 37.3 Å². The Morgan fingerprint density at radius 3 is 2.15 bits per heavy atom. The Morgan fingerprint density at radius 2 is 1.45 bits per heavy atom. The molecule has 2 aromatic carbocycles. The summed E-state index contributed by atoms with van der Waals surface area (Å²) >= 11 is 0. The molecule has 2 rings (SSSR count). The number of hydrogen-bond acceptors (Lipinski definition) is 4. The third-order valence-electron chi connectivity index (χ3n) is 3.34. The molecule has 0 aromatic heterocycles. The maximum Gasteiger partial charge on any atom is 0.200 e. The van der Waals surface area contributed by atoms with Crippen LogP contribution in [0.1, 0.15) is 23.6 Å². The van der Waals surface area contributed by atoms with Crippen LogP contribution in [-0.4, -0.2) is 15.3 Å². The highest BCUT2D eigenvalue weighted by atomic mass is 16.3. The Balaban J connectivity index is 2.01. The van der Waals surface area contributed by atoms with Gasteiger partial charge in [0.1, 0.15) is 0 Å². The van der Waals surface area contributed by atoms with E-state index in [-0.39, 0.29) is 11.5 Å². The van der Waals surface area contributed by atoms with Gasteiger partial charge in [0.25, 0.3) is 0 Å². The molecule has 0 heterocycles. The molecule has 0 aliphatic carbocycles. The molecule has 0 spiro atoms. The van der Waals surface area contributed by atoms with Crippen LogP contribution in [0, 0.1) is 0 Å². The summed E-state index contributed by atoms with van der Waals surface area (Å²) in [5, 5.41) is 31.7. The number of rotatable bonds is 5. The van der Waals surface area contributed by atoms with Gasteiger partial charge in [0, 0.05) is 18.7 Å². The minimum atomic E-state index is -0.474. The lowest BCUT2D eigenvalue weighted by atomic mass is 10.1. The topological polar surface area (TPSA) is 72.7 Å². The average molecular weight is 273 g/mol. The number of aromatic hydroxyl groups is 3. The fraction of sp³-hybridized carbons (Fsp3) is 0.250. The van der Waals surface area contributed by atoms with Crippen molar-refractivity contribution in [3.8, 4) is 17.2 Å². The molecule has 4 nitrogen and oxygen atoms in total. The fourth-order valence-corrected chi connectivity index (χ4v) is 2.16. The zero-order chi connectivity index (χ0) is 14.5. The first-order chi connectivity index (χ1) is 9.63. The zero-order valence-electron chi connectivity index (χ0n) is 11.4. The van der Waals surface area contributed by atoms with Gasteiger partial charge in [-0.05, 0) is 23.6 Å². The quantitative estimate of drug-likeness (QED) is 0.632. The summed E-state index contributed by atoms with van der Waals surface area (Å²) in [4.78, 5) is 0. The predicted molar refractivity (Wildman–Crippen MR) is 77.8 cm³/mol. The number of phenols is 3. The SMILES string of the molecule is CCc1ccccc1CNCc1ccc(O)c(O)c1O. The van der Waals surface area contributed by atoms with E-state index < -0.39 is 5.75 Å². The maximum atomic E-state index is 9.73. The summed E-state index contributed by atoms with van der Waals surface area (Å²) in [5.74, 6) is -1.07. The van der Waals surface area contributed by atoms with Crippen LogP contribution in [0.5, 0.6) is 17.2 Å². The summed E-state index contributed by atoms with van der Waals surface area (Å²) in [6.45, 7) is 3.21. The first-order valence-corrected chi connectivity index (χ1v) is 6.63. The van der Waals surface area contributed by atoms with E-state index in [1.165, 1.54) is 17.2 Å². The molecule has 4 N–H and O–H groups in total. The van der Waals surface area contributed by atoms with E-state index in [0.717, 1.165) is 6.42 Å². The van der Waals surface area contributed by atoms with Crippen molar-refractivity contribution in [2.24, 2.45) is 0 Å². The van der Waals surface area contributed by atoms with Gasteiger partial charge in [-0.3, -0.25) is 0 Å². The van der Waals surface area contributed by atoms with Gasteiger partial charge in [0.15, 0.2) is 11.5 Å². The normalized spacial score (nSPS) is 10.7. The molecule has 0 radical (unpaired) electrons. The van der Waals surface area contributed by atoms with Crippen LogP contribution in [0.2, 0.25) is 0 Å². The van der Waals surface area contributed by atoms with Crippen LogP contribution in [0.15, 0.2) is 36.4 Å². The third-order valence-corrected chi connectivity index (χ3v) is 3.34. The molecule has 20 heavy (non-hydrogen) atoms. The lowest BCUT2D eigenvalue weighted by molar-refractivity contribution is 0.364. The van der Waals surface area contributed by atoms with Gasteiger partial charge in [-0.15, -0.1) is 0 Å². The summed E-state index contributed by atoms with van der Waals surface area (Å²) in [7, 11) is 0. The molecule has 0 unspecified atom stereocenters. The van der Waals surface area contributed by atoms with Crippen LogP contribution < -0.4 is 5.32 Å². The Morgan fingerprint density at radius 1 is 0.800 bits per heavy atom. The summed E-state index contributed by atoms with van der Waals surface area (Å²) < 4.78 is 0. The van der Waals surface area contributed by atoms with Gasteiger partial charge in [0.05, 0.1) is 0 Å². The second-order valence-corrected chi connectivity index (χ2v) is 4.67. The molecule has 0 saturated carbocycles. The molecule has 0 aliphatic heterocycles. The van der Waals surface area contributed by atoms with Gasteiger partial charge in [-0.2, -0.15) is 0 Å². The van der Waals surface area contributed by atoms with E-state index in [1.54, 1.807) is 6.07 Å². The van der Waals surface area contributed by atoms with E-state index in [1.807, 2.05) is 12.1 Å². The van der Waals surface area contributed by atoms with Crippen molar-refractivity contribution in [2.75, 3.05) is 0 Å². The standard InChI is InChI=1S/C16H19NO3/c1-2-11-5-3-4-6-12(11)9-17-10-13-7-8-14(18)16(20)15(13)19/h3-8,17-20H,2,9-10H2,1H3. The first kappa shape index (κ1) is 14.2. The summed E-state index contributed by atoms with van der Waals surface area (Å²) in [6.07, 6.45) is 0.975. The summed E-state index contributed by atoms with van der Waals surface area (Å²) in [5.41, 5.74) is 3.06. The van der Waals surface area contributed by atoms with Crippen molar-refractivity contribution < 1.29 is 15.3 Å². The number of benzene rings is 2. The van der Waals surface area contributed by atoms with Crippen molar-refractivity contribution in [3.63, 3.8) is 0 Å². The highest BCUT2D eigenvalue weighted by Crippen LogP contribution is 2.36. The number of phenolic OH excluding ortho intramolecular Hbond substituents is 3. The van der Waals surface area contributed by atoms with E-state index in [4.69, 9.17) is 0 Å². The largest absolute Gasteiger partial charge is 0.504 e. The minimum Gasteiger partial charge on any atom is -0.504 e. The minimum absolute atomic E-state index is 0.277. The van der Waals surface area contributed by atoms with E-state index in [9.17, 15) is 15.3 Å². The fourth-order valence-electron chi connectivity index (χ4n) is 2.16. The molecular weight excluding hydrogens is 254 g/mol. The number of aryl methyl sites for hydroxylation is 1. The molecule has 0 aliphatic rings. The van der Waals surface area contributed by atoms with E-state index in [2.05, 4.69) is 24.4 Å². The van der Waals surface area contributed by atoms with Gasteiger partial charge in [-0.25, -0.2) is 0 Å². The molecule has 0 saturated heterocycles. The molecule has 106 valence electrons. The highest BCUT2D eigenvalue weighted by molar-refractivity contribution is 5.53. The monoisotopic (exact) mass is 273 g/mol. The molecule has 2 aromatic rings. The molecule has 0 fully saturated rings. The van der Waals surface area contributed by atoms with Crippen LogP contribution in [-0.2, 0) is 19.5 Å². The van der Waals surface area contributed by atoms with Crippen LogP contribution in [0.4, 0.5) is 0 Å². The second kappa shape index (κ2) is 6.30. The first-order valence-electron chi connectivity index (χ1n) is 6.63. The van der Waals surface area contributed by atoms with Gasteiger partial charge < -0.3 is 20.6 Å². The Labute approximate surface area is 118 Å². The molecule has 0 atom stereocenters. The van der Waals surface area contributed by atoms with Gasteiger partial charge >= 0.3 is 0 Å². The van der Waals surface area contributed by atoms with Crippen LogP contribution >= 0.6 is 0 Å². The lowest BCUT2D eigenvalue weighted by Gasteiger charge is -2.11. The molecule has 0 bridgehead atoms. The van der Waals surface area contributed by atoms with Crippen molar-refractivity contribution in [2.45, 2.75) is 26.4 Å². The van der Waals surface area contributed by atoms with Crippen molar-refractivity contribution in [1.82, 2.24) is 5.32 Å². The van der Waals surface area contributed by atoms with Crippen LogP contribution in [0.25, 0.3) is 0 Å². The zero-order valence-corrected chi connectivity index (χ0v) is 11.4. The van der Waals surface area contributed by atoms with Crippen molar-refractivity contribution in [1.29, 1.82) is 0 Å². The Kier molecular flexibility index (Phi) is 4.48. The second-order valence-electron chi connectivity index (χ2n) is 4.67. The molecular formula is C16H19NO3. The average Bonchev–Trinajstić information content (AvgIpc) is 2.47. The Bertz CT molecular complexity index is 596. The predicted octanol–water partition coefficient (Wildman–Crippen LogP) is 2.66. The van der Waals surface area contributed by atoms with Crippen molar-refractivity contribution in [3.05, 3.63) is 53.1 Å². The van der Waals surface area contributed by atoms with E-state index >= 15 is 0 Å². The highest BCUT2D eigenvalue weighted by Gasteiger charge is 2.10. The lowest BCUT2D eigenvalue weighted by Crippen LogP contribution is -2.14. The van der Waals surface area contributed by atoms with Crippen LogP contribution in [0.3, 0.4) is 0 Å². The number of nitrogens with one attached hydrogen (secondary N) is 1. The molecule has 0 amide bonds. The maximum absolute atomic E-state index is 9.73. The number of hydrogen-bond donors (Lipinski definition) is 4. The van der Waals surface area contributed by atoms with Gasteiger partial charge in [0.2, 0.25) is 5.75 Å². The molecule has 4 heteroatoms. The summed E-state index contributed by atoms with van der Waals surface area (Å²) in [6, 6.07) is 11.1. The van der Waals surface area contributed by atoms with E-state index in [0.29, 0.717) is 18.7 Å². The Hall–Kier alpha value is -2.20. The smallest absolute Gasteiger partial charge is 0.200 e. The third kappa shape index (κ3) is 3.03. The van der Waals surface area contributed by atoms with Crippen molar-refractivity contribution >= 4 is 0 Å².